The van der Waals surface area contributed by atoms with E-state index in [-0.39, 0.29) is 5.56 Å². The Morgan fingerprint density at radius 2 is 1.65 bits per heavy atom. The van der Waals surface area contributed by atoms with E-state index in [0.29, 0.717) is 34.1 Å². The second kappa shape index (κ2) is 6.06. The Morgan fingerprint density at radius 3 is 2.35 bits per heavy atom. The number of nitrogen functional groups attached to an aromatic ring is 1. The number of anilines is 1. The number of nitrogens with zero attached hydrogens (tertiary/aromatic N) is 4. The average Bonchev–Trinajstić information content (AvgIpc) is 3.00. The van der Waals surface area contributed by atoms with Crippen molar-refractivity contribution in [3.05, 3.63) is 66.5 Å². The first-order chi connectivity index (χ1) is 12.4. The Kier molecular flexibility index (Phi) is 3.84. The number of aliphatic hydroxyl groups is 2. The molecule has 4 aromatic rings. The molecule has 0 spiro atoms. The number of hydrogen-bond donors (Lipinski definition) is 3. The van der Waals surface area contributed by atoms with Crippen LogP contribution in [0.2, 0.25) is 0 Å². The number of alkyl halides is 1. The number of fused-ring (bicyclic) bond motifs is 1. The van der Waals surface area contributed by atoms with Crippen LogP contribution in [0.15, 0.2) is 60.9 Å². The molecule has 0 fully saturated rings. The second-order valence-electron chi connectivity index (χ2n) is 5.69. The molecule has 8 heteroatoms. The molecule has 3 aromatic heterocycles. The summed E-state index contributed by atoms with van der Waals surface area (Å²) >= 11 is 5.53. The quantitative estimate of drug-likeness (QED) is 0.379. The Labute approximate surface area is 153 Å². The van der Waals surface area contributed by atoms with Crippen molar-refractivity contribution >= 4 is 28.6 Å². The maximum atomic E-state index is 9.52. The van der Waals surface area contributed by atoms with Crippen molar-refractivity contribution in [2.24, 2.45) is 0 Å². The summed E-state index contributed by atoms with van der Waals surface area (Å²) in [5.74, 6) is 0.938. The van der Waals surface area contributed by atoms with Gasteiger partial charge in [0.15, 0.2) is 11.5 Å². The highest BCUT2D eigenvalue weighted by Crippen LogP contribution is 2.31. The SMILES string of the molecule is Nc1ncccc1-c1nc2cccnc2n1-c1ccc(C(O)(O)Cl)cc1. The largest absolute Gasteiger partial charge is 0.383 e. The molecule has 0 atom stereocenters. The fourth-order valence-corrected chi connectivity index (χ4v) is 2.89. The van der Waals surface area contributed by atoms with Crippen LogP contribution in [0.1, 0.15) is 5.56 Å². The molecule has 7 nitrogen and oxygen atoms in total. The lowest BCUT2D eigenvalue weighted by molar-refractivity contribution is -0.0902. The molecular weight excluding hydrogens is 354 g/mol. The molecule has 0 saturated carbocycles. The number of hydrogen-bond acceptors (Lipinski definition) is 6. The van der Waals surface area contributed by atoms with Gasteiger partial charge in [-0.15, -0.1) is 0 Å². The predicted molar refractivity (Wildman–Crippen MR) is 98.5 cm³/mol. The number of benzene rings is 1. The van der Waals surface area contributed by atoms with Crippen molar-refractivity contribution < 1.29 is 10.2 Å². The number of nitrogens with two attached hydrogens (primary N) is 1. The second-order valence-corrected chi connectivity index (χ2v) is 6.21. The molecule has 0 aliphatic rings. The van der Waals surface area contributed by atoms with Gasteiger partial charge in [-0.3, -0.25) is 4.57 Å². The van der Waals surface area contributed by atoms with Gasteiger partial charge in [0, 0.05) is 23.6 Å². The monoisotopic (exact) mass is 367 g/mol. The molecule has 0 radical (unpaired) electrons. The van der Waals surface area contributed by atoms with Gasteiger partial charge in [0.2, 0.25) is 0 Å². The van der Waals surface area contributed by atoms with Gasteiger partial charge in [0.1, 0.15) is 11.3 Å². The molecule has 0 saturated heterocycles. The van der Waals surface area contributed by atoms with Crippen LogP contribution in [-0.4, -0.2) is 29.7 Å². The summed E-state index contributed by atoms with van der Waals surface area (Å²) < 4.78 is 1.83. The maximum absolute atomic E-state index is 9.52. The molecule has 26 heavy (non-hydrogen) atoms. The summed E-state index contributed by atoms with van der Waals surface area (Å²) in [4.78, 5) is 13.2. The highest BCUT2D eigenvalue weighted by atomic mass is 35.5. The van der Waals surface area contributed by atoms with Crippen LogP contribution < -0.4 is 5.73 Å². The minimum absolute atomic E-state index is 0.155. The van der Waals surface area contributed by atoms with Crippen LogP contribution in [-0.2, 0) is 5.25 Å². The van der Waals surface area contributed by atoms with Gasteiger partial charge < -0.3 is 15.9 Å². The fourth-order valence-electron chi connectivity index (χ4n) is 2.77. The predicted octanol–water partition coefficient (Wildman–Crippen LogP) is 2.40. The summed E-state index contributed by atoms with van der Waals surface area (Å²) in [5, 5.41) is 16.6. The highest BCUT2D eigenvalue weighted by molar-refractivity contribution is 6.21. The standard InChI is InChI=1S/C18H14ClN5O2/c19-18(25,26)11-5-7-12(8-6-11)24-16(13-3-1-9-21-15(13)20)23-14-4-2-10-22-17(14)24/h1-10,25-26H,(H2,20,21). The first-order valence-corrected chi connectivity index (χ1v) is 8.12. The van der Waals surface area contributed by atoms with E-state index >= 15 is 0 Å². The Balaban J connectivity index is 1.97. The minimum Gasteiger partial charge on any atom is -0.383 e. The Morgan fingerprint density at radius 1 is 0.962 bits per heavy atom. The Hall–Kier alpha value is -3.00. The van der Waals surface area contributed by atoms with Gasteiger partial charge >= 0.3 is 0 Å². The van der Waals surface area contributed by atoms with E-state index in [0.717, 1.165) is 0 Å². The number of rotatable bonds is 3. The smallest absolute Gasteiger partial charge is 0.271 e. The van der Waals surface area contributed by atoms with Crippen molar-refractivity contribution in [3.63, 3.8) is 0 Å². The lowest BCUT2D eigenvalue weighted by Gasteiger charge is -2.15. The molecule has 1 aromatic carbocycles. The lowest BCUT2D eigenvalue weighted by atomic mass is 10.2. The molecule has 0 aliphatic carbocycles. The van der Waals surface area contributed by atoms with Crippen molar-refractivity contribution in [2.75, 3.05) is 5.73 Å². The van der Waals surface area contributed by atoms with E-state index in [4.69, 9.17) is 17.3 Å². The third kappa shape index (κ3) is 2.78. The summed E-state index contributed by atoms with van der Waals surface area (Å²) in [6.07, 6.45) is 3.29. The van der Waals surface area contributed by atoms with Crippen LogP contribution in [0.5, 0.6) is 0 Å². The molecule has 0 unspecified atom stereocenters. The van der Waals surface area contributed by atoms with E-state index in [1.165, 1.54) is 12.1 Å². The van der Waals surface area contributed by atoms with Crippen molar-refractivity contribution in [1.29, 1.82) is 0 Å². The van der Waals surface area contributed by atoms with Crippen molar-refractivity contribution in [1.82, 2.24) is 19.5 Å². The summed E-state index contributed by atoms with van der Waals surface area (Å²) in [6, 6.07) is 13.7. The summed E-state index contributed by atoms with van der Waals surface area (Å²) in [5.41, 5.74) is 8.92. The van der Waals surface area contributed by atoms with Crippen LogP contribution >= 0.6 is 11.6 Å². The first kappa shape index (κ1) is 16.5. The summed E-state index contributed by atoms with van der Waals surface area (Å²) in [6.45, 7) is 0. The van der Waals surface area contributed by atoms with Crippen molar-refractivity contribution in [2.45, 2.75) is 5.25 Å². The third-order valence-corrected chi connectivity index (χ3v) is 4.21. The van der Waals surface area contributed by atoms with Crippen LogP contribution in [0.3, 0.4) is 0 Å². The molecular formula is C18H14ClN5O2. The van der Waals surface area contributed by atoms with E-state index in [1.807, 2.05) is 16.7 Å². The molecule has 130 valence electrons. The molecule has 3 heterocycles. The average molecular weight is 368 g/mol. The Bertz CT molecular complexity index is 1090. The van der Waals surface area contributed by atoms with Crippen LogP contribution in [0.25, 0.3) is 28.2 Å². The fraction of sp³-hybridized carbons (Fsp3) is 0.0556. The maximum Gasteiger partial charge on any atom is 0.271 e. The van der Waals surface area contributed by atoms with E-state index in [9.17, 15) is 10.2 Å². The number of halogens is 1. The van der Waals surface area contributed by atoms with Crippen LogP contribution in [0, 0.1) is 0 Å². The van der Waals surface area contributed by atoms with Gasteiger partial charge in [-0.05, 0) is 36.4 Å². The van der Waals surface area contributed by atoms with Gasteiger partial charge in [0.25, 0.3) is 5.25 Å². The molecule has 0 bridgehead atoms. The van der Waals surface area contributed by atoms with E-state index in [2.05, 4.69) is 15.0 Å². The third-order valence-electron chi connectivity index (χ3n) is 3.99. The van der Waals surface area contributed by atoms with Crippen molar-refractivity contribution in [3.8, 4) is 17.1 Å². The van der Waals surface area contributed by atoms with Gasteiger partial charge in [-0.2, -0.15) is 0 Å². The molecule has 4 rings (SSSR count). The van der Waals surface area contributed by atoms with E-state index < -0.39 is 5.25 Å². The zero-order valence-corrected chi connectivity index (χ0v) is 14.2. The van der Waals surface area contributed by atoms with Gasteiger partial charge in [-0.25, -0.2) is 15.0 Å². The summed E-state index contributed by atoms with van der Waals surface area (Å²) in [7, 11) is 0. The zero-order valence-electron chi connectivity index (χ0n) is 13.4. The molecule has 0 aliphatic heterocycles. The normalized spacial score (nSPS) is 11.8. The molecule has 4 N–H and O–H groups in total. The van der Waals surface area contributed by atoms with Gasteiger partial charge in [0.05, 0.1) is 5.56 Å². The molecule has 0 amide bonds. The van der Waals surface area contributed by atoms with Gasteiger partial charge in [-0.1, -0.05) is 23.7 Å². The number of aromatic nitrogens is 4. The number of pyridine rings is 2. The topological polar surface area (TPSA) is 110 Å². The van der Waals surface area contributed by atoms with E-state index in [1.54, 1.807) is 36.7 Å². The number of imidazole rings is 1. The highest BCUT2D eigenvalue weighted by Gasteiger charge is 2.22. The zero-order chi connectivity index (χ0) is 18.3. The lowest BCUT2D eigenvalue weighted by Crippen LogP contribution is -2.16. The van der Waals surface area contributed by atoms with Crippen LogP contribution in [0.4, 0.5) is 5.82 Å². The minimum atomic E-state index is -2.43. The first-order valence-electron chi connectivity index (χ1n) is 7.74.